The summed E-state index contributed by atoms with van der Waals surface area (Å²) >= 11 is 0. The van der Waals surface area contributed by atoms with E-state index in [1.165, 1.54) is 12.1 Å². The van der Waals surface area contributed by atoms with Gasteiger partial charge in [0, 0.05) is 13.1 Å². The molecule has 1 aromatic heterocycles. The molecule has 98 valence electrons. The van der Waals surface area contributed by atoms with Crippen LogP contribution in [-0.4, -0.2) is 9.55 Å². The Morgan fingerprint density at radius 1 is 1.20 bits per heavy atom. The first-order chi connectivity index (χ1) is 9.61. The highest BCUT2D eigenvalue weighted by Gasteiger charge is 2.15. The van der Waals surface area contributed by atoms with Gasteiger partial charge >= 0.3 is 0 Å². The van der Waals surface area contributed by atoms with Gasteiger partial charge in [0.15, 0.2) is 0 Å². The van der Waals surface area contributed by atoms with E-state index in [1.54, 1.807) is 29.8 Å². The molecule has 5 heteroatoms. The molecule has 0 fully saturated rings. The number of aromatic nitrogens is 2. The van der Waals surface area contributed by atoms with Gasteiger partial charge in [0.25, 0.3) is 0 Å². The summed E-state index contributed by atoms with van der Waals surface area (Å²) in [5, 5.41) is 9.07. The van der Waals surface area contributed by atoms with Gasteiger partial charge in [-0.1, -0.05) is 6.07 Å². The number of hydrogen-bond donors (Lipinski definition) is 0. The Hall–Kier alpha value is -2.74. The number of halogens is 2. The summed E-state index contributed by atoms with van der Waals surface area (Å²) in [5.74, 6) is -0.954. The number of nitrogens with zero attached hydrogens (tertiary/aromatic N) is 3. The average molecular weight is 269 g/mol. The first-order valence-electron chi connectivity index (χ1n) is 5.93. The van der Waals surface area contributed by atoms with Crippen LogP contribution in [0.2, 0.25) is 0 Å². The Bertz CT molecular complexity index is 859. The third kappa shape index (κ3) is 1.74. The van der Waals surface area contributed by atoms with Crippen molar-refractivity contribution in [3.8, 4) is 17.5 Å². The molecule has 0 amide bonds. The monoisotopic (exact) mass is 269 g/mol. The summed E-state index contributed by atoms with van der Waals surface area (Å²) in [6.45, 7) is 0. The summed E-state index contributed by atoms with van der Waals surface area (Å²) in [5.41, 5.74) is 1.86. The summed E-state index contributed by atoms with van der Waals surface area (Å²) in [6, 6.07) is 10.6. The summed E-state index contributed by atoms with van der Waals surface area (Å²) in [6.07, 6.45) is 0. The van der Waals surface area contributed by atoms with Crippen LogP contribution in [0.4, 0.5) is 8.78 Å². The number of nitriles is 1. The highest BCUT2D eigenvalue weighted by molar-refractivity contribution is 5.85. The van der Waals surface area contributed by atoms with Gasteiger partial charge in [0.2, 0.25) is 0 Å². The standard InChI is InChI=1S/C15H9F2N3/c1-20-13-4-2-3-9(8-18)14(13)19-15(20)11-6-5-10(16)7-12(11)17/h2-7H,1H3. The van der Waals surface area contributed by atoms with E-state index in [0.29, 0.717) is 16.9 Å². The molecule has 0 bridgehead atoms. The van der Waals surface area contributed by atoms with E-state index in [4.69, 9.17) is 5.26 Å². The molecule has 0 unspecified atom stereocenters. The second-order valence-electron chi connectivity index (χ2n) is 4.40. The minimum atomic E-state index is -0.679. The third-order valence-corrected chi connectivity index (χ3v) is 3.20. The van der Waals surface area contributed by atoms with Gasteiger partial charge in [-0.25, -0.2) is 13.8 Å². The molecule has 0 radical (unpaired) electrons. The van der Waals surface area contributed by atoms with Crippen LogP contribution in [0.1, 0.15) is 5.56 Å². The van der Waals surface area contributed by atoms with Crippen LogP contribution in [0.15, 0.2) is 36.4 Å². The van der Waals surface area contributed by atoms with Crippen LogP contribution in [-0.2, 0) is 7.05 Å². The predicted octanol–water partition coefficient (Wildman–Crippen LogP) is 3.39. The lowest BCUT2D eigenvalue weighted by Gasteiger charge is -2.03. The van der Waals surface area contributed by atoms with E-state index in [2.05, 4.69) is 11.1 Å². The fourth-order valence-electron chi connectivity index (χ4n) is 2.22. The summed E-state index contributed by atoms with van der Waals surface area (Å²) in [4.78, 5) is 4.32. The number of rotatable bonds is 1. The van der Waals surface area contributed by atoms with Gasteiger partial charge in [-0.15, -0.1) is 0 Å². The Labute approximate surface area is 113 Å². The van der Waals surface area contributed by atoms with Crippen LogP contribution in [0, 0.1) is 23.0 Å². The van der Waals surface area contributed by atoms with E-state index < -0.39 is 11.6 Å². The Morgan fingerprint density at radius 2 is 2.00 bits per heavy atom. The van der Waals surface area contributed by atoms with E-state index >= 15 is 0 Å². The van der Waals surface area contributed by atoms with Crippen LogP contribution in [0.5, 0.6) is 0 Å². The van der Waals surface area contributed by atoms with Crippen molar-refractivity contribution in [3.05, 3.63) is 53.6 Å². The van der Waals surface area contributed by atoms with Gasteiger partial charge in [0.05, 0.1) is 16.6 Å². The van der Waals surface area contributed by atoms with Crippen molar-refractivity contribution in [2.24, 2.45) is 7.05 Å². The van der Waals surface area contributed by atoms with E-state index in [9.17, 15) is 8.78 Å². The first kappa shape index (κ1) is 12.3. The van der Waals surface area contributed by atoms with Crippen molar-refractivity contribution in [2.45, 2.75) is 0 Å². The second-order valence-corrected chi connectivity index (χ2v) is 4.40. The quantitative estimate of drug-likeness (QED) is 0.679. The number of imidazole rings is 1. The number of aryl methyl sites for hydroxylation is 1. The highest BCUT2D eigenvalue weighted by Crippen LogP contribution is 2.27. The number of benzene rings is 2. The van der Waals surface area contributed by atoms with E-state index in [0.717, 1.165) is 11.6 Å². The average Bonchev–Trinajstić information content (AvgIpc) is 2.76. The lowest BCUT2D eigenvalue weighted by molar-refractivity contribution is 0.584. The summed E-state index contributed by atoms with van der Waals surface area (Å²) < 4.78 is 28.5. The lowest BCUT2D eigenvalue weighted by Crippen LogP contribution is -1.95. The van der Waals surface area contributed by atoms with Crippen molar-refractivity contribution >= 4 is 11.0 Å². The Morgan fingerprint density at radius 3 is 2.70 bits per heavy atom. The van der Waals surface area contributed by atoms with Crippen molar-refractivity contribution in [1.82, 2.24) is 9.55 Å². The number of fused-ring (bicyclic) bond motifs is 1. The minimum absolute atomic E-state index is 0.203. The molecule has 0 atom stereocenters. The predicted molar refractivity (Wildman–Crippen MR) is 70.8 cm³/mol. The first-order valence-corrected chi connectivity index (χ1v) is 5.93. The highest BCUT2D eigenvalue weighted by atomic mass is 19.1. The van der Waals surface area contributed by atoms with Crippen LogP contribution < -0.4 is 0 Å². The zero-order chi connectivity index (χ0) is 14.3. The normalized spacial score (nSPS) is 10.7. The Balaban J connectivity index is 2.33. The van der Waals surface area contributed by atoms with Crippen LogP contribution in [0.3, 0.4) is 0 Å². The molecule has 3 rings (SSSR count). The molecule has 3 aromatic rings. The molecule has 0 aliphatic carbocycles. The Kier molecular flexibility index (Phi) is 2.72. The largest absolute Gasteiger partial charge is 0.327 e. The molecule has 0 saturated heterocycles. The van der Waals surface area contributed by atoms with Crippen molar-refractivity contribution in [3.63, 3.8) is 0 Å². The molecular weight excluding hydrogens is 260 g/mol. The van der Waals surface area contributed by atoms with Crippen molar-refractivity contribution < 1.29 is 8.78 Å². The zero-order valence-corrected chi connectivity index (χ0v) is 10.6. The van der Waals surface area contributed by atoms with Gasteiger partial charge in [-0.05, 0) is 24.3 Å². The molecule has 20 heavy (non-hydrogen) atoms. The SMILES string of the molecule is Cn1c(-c2ccc(F)cc2F)nc2c(C#N)cccc21. The minimum Gasteiger partial charge on any atom is -0.327 e. The van der Waals surface area contributed by atoms with Gasteiger partial charge < -0.3 is 4.57 Å². The van der Waals surface area contributed by atoms with Crippen molar-refractivity contribution in [2.75, 3.05) is 0 Å². The number of hydrogen-bond acceptors (Lipinski definition) is 2. The van der Waals surface area contributed by atoms with Crippen molar-refractivity contribution in [1.29, 1.82) is 5.26 Å². The molecule has 0 aliphatic rings. The molecule has 0 spiro atoms. The van der Waals surface area contributed by atoms with E-state index in [1.807, 2.05) is 0 Å². The molecule has 2 aromatic carbocycles. The maximum atomic E-state index is 13.9. The van der Waals surface area contributed by atoms with Gasteiger partial charge in [-0.3, -0.25) is 0 Å². The lowest BCUT2D eigenvalue weighted by atomic mass is 10.2. The van der Waals surface area contributed by atoms with E-state index in [-0.39, 0.29) is 5.56 Å². The fourth-order valence-corrected chi connectivity index (χ4v) is 2.22. The smallest absolute Gasteiger partial charge is 0.143 e. The molecular formula is C15H9F2N3. The van der Waals surface area contributed by atoms with Gasteiger partial charge in [-0.2, -0.15) is 5.26 Å². The molecule has 3 nitrogen and oxygen atoms in total. The zero-order valence-electron chi connectivity index (χ0n) is 10.6. The van der Waals surface area contributed by atoms with Crippen LogP contribution in [0.25, 0.3) is 22.4 Å². The maximum absolute atomic E-state index is 13.9. The number of para-hydroxylation sites is 1. The van der Waals surface area contributed by atoms with Gasteiger partial charge in [0.1, 0.15) is 29.0 Å². The second kappa shape index (κ2) is 4.42. The fraction of sp³-hybridized carbons (Fsp3) is 0.0667. The molecule has 0 saturated carbocycles. The van der Waals surface area contributed by atoms with Crippen LogP contribution >= 0.6 is 0 Å². The summed E-state index contributed by atoms with van der Waals surface area (Å²) in [7, 11) is 1.73. The molecule has 0 N–H and O–H groups in total. The maximum Gasteiger partial charge on any atom is 0.143 e. The molecule has 1 heterocycles. The topological polar surface area (TPSA) is 41.6 Å². The molecule has 0 aliphatic heterocycles. The third-order valence-electron chi connectivity index (χ3n) is 3.20.